The number of benzene rings is 1. The molecule has 0 radical (unpaired) electrons. The number of carboxylic acids is 1. The fourth-order valence-corrected chi connectivity index (χ4v) is 2.50. The maximum atomic E-state index is 11.4. The van der Waals surface area contributed by atoms with Gasteiger partial charge in [0.1, 0.15) is 5.82 Å². The third-order valence-corrected chi connectivity index (χ3v) is 3.78. The molecule has 1 N–H and O–H groups in total. The summed E-state index contributed by atoms with van der Waals surface area (Å²) < 4.78 is 2.05. The van der Waals surface area contributed by atoms with Gasteiger partial charge in [-0.1, -0.05) is 32.8 Å². The van der Waals surface area contributed by atoms with E-state index in [4.69, 9.17) is 0 Å². The van der Waals surface area contributed by atoms with Gasteiger partial charge in [-0.05, 0) is 25.0 Å². The summed E-state index contributed by atoms with van der Waals surface area (Å²) in [6.07, 6.45) is 2.18. The minimum absolute atomic E-state index is 0.337. The second kappa shape index (κ2) is 5.43. The molecule has 102 valence electrons. The average molecular weight is 260 g/mol. The molecule has 0 fully saturated rings. The number of carboxylic acid groups (broad SMARTS) is 1. The third kappa shape index (κ3) is 2.48. The van der Waals surface area contributed by atoms with Crippen molar-refractivity contribution < 1.29 is 9.90 Å². The van der Waals surface area contributed by atoms with Crippen LogP contribution < -0.4 is 0 Å². The van der Waals surface area contributed by atoms with Gasteiger partial charge < -0.3 is 9.67 Å². The first-order valence-corrected chi connectivity index (χ1v) is 6.77. The van der Waals surface area contributed by atoms with Crippen LogP contribution in [0.25, 0.3) is 11.0 Å². The van der Waals surface area contributed by atoms with Crippen LogP contribution in [-0.4, -0.2) is 20.6 Å². The zero-order chi connectivity index (χ0) is 14.0. The molecule has 0 aliphatic heterocycles. The lowest BCUT2D eigenvalue weighted by atomic mass is 10.0. The predicted octanol–water partition coefficient (Wildman–Crippen LogP) is 3.48. The smallest absolute Gasteiger partial charge is 0.337 e. The van der Waals surface area contributed by atoms with Gasteiger partial charge in [-0.25, -0.2) is 9.78 Å². The zero-order valence-electron chi connectivity index (χ0n) is 11.7. The number of aryl methyl sites for hydroxylation is 1. The van der Waals surface area contributed by atoms with Gasteiger partial charge in [0.15, 0.2) is 0 Å². The normalized spacial score (nSPS) is 11.4. The third-order valence-electron chi connectivity index (χ3n) is 3.78. The maximum absolute atomic E-state index is 11.4. The Hall–Kier alpha value is -1.84. The van der Waals surface area contributed by atoms with Crippen molar-refractivity contribution >= 4 is 17.0 Å². The van der Waals surface area contributed by atoms with Crippen LogP contribution >= 0.6 is 0 Å². The lowest BCUT2D eigenvalue weighted by molar-refractivity contribution is 0.0698. The molecule has 19 heavy (non-hydrogen) atoms. The van der Waals surface area contributed by atoms with E-state index in [9.17, 15) is 9.90 Å². The quantitative estimate of drug-likeness (QED) is 0.895. The van der Waals surface area contributed by atoms with Crippen LogP contribution in [0, 0.1) is 12.8 Å². The number of aromatic nitrogens is 2. The monoisotopic (exact) mass is 260 g/mol. The van der Waals surface area contributed by atoms with Gasteiger partial charge >= 0.3 is 5.97 Å². The lowest BCUT2D eigenvalue weighted by Gasteiger charge is -2.15. The largest absolute Gasteiger partial charge is 0.478 e. The van der Waals surface area contributed by atoms with Gasteiger partial charge in [-0.15, -0.1) is 0 Å². The molecule has 0 amide bonds. The van der Waals surface area contributed by atoms with E-state index >= 15 is 0 Å². The molecule has 0 aliphatic rings. The molecule has 0 saturated carbocycles. The Morgan fingerprint density at radius 1 is 1.37 bits per heavy atom. The molecule has 2 rings (SSSR count). The Morgan fingerprint density at radius 3 is 2.63 bits per heavy atom. The number of para-hydroxylation sites is 1. The van der Waals surface area contributed by atoms with Crippen molar-refractivity contribution in [1.29, 1.82) is 0 Å². The summed E-state index contributed by atoms with van der Waals surface area (Å²) in [5.41, 5.74) is 1.85. The van der Waals surface area contributed by atoms with Crippen molar-refractivity contribution in [2.75, 3.05) is 0 Å². The molecular weight excluding hydrogens is 240 g/mol. The Bertz CT molecular complexity index is 597. The number of imidazole rings is 1. The Kier molecular flexibility index (Phi) is 3.88. The Morgan fingerprint density at radius 2 is 2.05 bits per heavy atom. The molecule has 4 heteroatoms. The molecule has 0 spiro atoms. The van der Waals surface area contributed by atoms with Crippen LogP contribution in [-0.2, 0) is 6.54 Å². The standard InChI is InChI=1S/C15H20N2O2/c1-4-11(5-2)9-17-10(3)16-13-8-6-7-12(14(13)17)15(18)19/h6-8,11H,4-5,9H2,1-3H3,(H,18,19). The molecule has 4 nitrogen and oxygen atoms in total. The molecular formula is C15H20N2O2. The first kappa shape index (κ1) is 13.6. The maximum Gasteiger partial charge on any atom is 0.337 e. The Labute approximate surface area is 113 Å². The van der Waals surface area contributed by atoms with E-state index in [1.807, 2.05) is 13.0 Å². The summed E-state index contributed by atoms with van der Waals surface area (Å²) in [7, 11) is 0. The predicted molar refractivity (Wildman–Crippen MR) is 75.5 cm³/mol. The van der Waals surface area contributed by atoms with Crippen molar-refractivity contribution in [3.05, 3.63) is 29.6 Å². The molecule has 2 aromatic rings. The summed E-state index contributed by atoms with van der Waals surface area (Å²) >= 11 is 0. The van der Waals surface area contributed by atoms with Gasteiger partial charge in [-0.2, -0.15) is 0 Å². The van der Waals surface area contributed by atoms with Crippen molar-refractivity contribution in [3.63, 3.8) is 0 Å². The fraction of sp³-hybridized carbons (Fsp3) is 0.467. The second-order valence-corrected chi connectivity index (χ2v) is 4.93. The molecule has 0 aliphatic carbocycles. The zero-order valence-corrected chi connectivity index (χ0v) is 11.7. The van der Waals surface area contributed by atoms with E-state index in [0.717, 1.165) is 36.2 Å². The summed E-state index contributed by atoms with van der Waals surface area (Å²) in [6.45, 7) is 7.11. The van der Waals surface area contributed by atoms with E-state index in [1.54, 1.807) is 12.1 Å². The average Bonchev–Trinajstić information content (AvgIpc) is 2.71. The molecule has 1 heterocycles. The van der Waals surface area contributed by atoms with Gasteiger partial charge in [0, 0.05) is 6.54 Å². The first-order valence-electron chi connectivity index (χ1n) is 6.77. The summed E-state index contributed by atoms with van der Waals surface area (Å²) in [5, 5.41) is 9.32. The number of fused-ring (bicyclic) bond motifs is 1. The van der Waals surface area contributed by atoms with Gasteiger partial charge in [0.2, 0.25) is 0 Å². The molecule has 1 aromatic carbocycles. The lowest BCUT2D eigenvalue weighted by Crippen LogP contribution is -2.12. The highest BCUT2D eigenvalue weighted by Gasteiger charge is 2.17. The summed E-state index contributed by atoms with van der Waals surface area (Å²) in [6, 6.07) is 5.27. The van der Waals surface area contributed by atoms with Crippen LogP contribution in [0.1, 0.15) is 42.9 Å². The number of nitrogens with zero attached hydrogens (tertiary/aromatic N) is 2. The number of carbonyl (C=O) groups is 1. The van der Waals surface area contributed by atoms with E-state index in [-0.39, 0.29) is 0 Å². The molecule has 0 saturated heterocycles. The van der Waals surface area contributed by atoms with E-state index in [0.29, 0.717) is 11.5 Å². The van der Waals surface area contributed by atoms with Gasteiger partial charge in [0.05, 0.1) is 16.6 Å². The minimum Gasteiger partial charge on any atom is -0.478 e. The first-order chi connectivity index (χ1) is 9.08. The van der Waals surface area contributed by atoms with Crippen LogP contribution in [0.4, 0.5) is 0 Å². The van der Waals surface area contributed by atoms with Crippen LogP contribution in [0.2, 0.25) is 0 Å². The van der Waals surface area contributed by atoms with Crippen LogP contribution in [0.5, 0.6) is 0 Å². The highest BCUT2D eigenvalue weighted by molar-refractivity contribution is 6.01. The number of rotatable bonds is 5. The SMILES string of the molecule is CCC(CC)Cn1c(C)nc2cccc(C(=O)O)c21. The minimum atomic E-state index is -0.892. The Balaban J connectivity index is 2.59. The van der Waals surface area contributed by atoms with E-state index < -0.39 is 5.97 Å². The van der Waals surface area contributed by atoms with Crippen molar-refractivity contribution in [2.45, 2.75) is 40.2 Å². The summed E-state index contributed by atoms with van der Waals surface area (Å²) in [5.74, 6) is 0.546. The van der Waals surface area contributed by atoms with E-state index in [2.05, 4.69) is 23.4 Å². The fourth-order valence-electron chi connectivity index (χ4n) is 2.50. The highest BCUT2D eigenvalue weighted by atomic mass is 16.4. The second-order valence-electron chi connectivity index (χ2n) is 4.93. The number of hydrogen-bond acceptors (Lipinski definition) is 2. The van der Waals surface area contributed by atoms with Crippen molar-refractivity contribution in [3.8, 4) is 0 Å². The highest BCUT2D eigenvalue weighted by Crippen LogP contribution is 2.23. The summed E-state index contributed by atoms with van der Waals surface area (Å²) in [4.78, 5) is 15.8. The van der Waals surface area contributed by atoms with Crippen molar-refractivity contribution in [1.82, 2.24) is 9.55 Å². The van der Waals surface area contributed by atoms with Gasteiger partial charge in [-0.3, -0.25) is 0 Å². The topological polar surface area (TPSA) is 55.1 Å². The molecule has 0 bridgehead atoms. The van der Waals surface area contributed by atoms with E-state index in [1.165, 1.54) is 0 Å². The molecule has 1 aromatic heterocycles. The number of hydrogen-bond donors (Lipinski definition) is 1. The van der Waals surface area contributed by atoms with Crippen LogP contribution in [0.3, 0.4) is 0 Å². The van der Waals surface area contributed by atoms with Gasteiger partial charge in [0.25, 0.3) is 0 Å². The number of aromatic carboxylic acids is 1. The molecule has 0 unspecified atom stereocenters. The van der Waals surface area contributed by atoms with Crippen LogP contribution in [0.15, 0.2) is 18.2 Å². The molecule has 0 atom stereocenters. The van der Waals surface area contributed by atoms with Crippen molar-refractivity contribution in [2.24, 2.45) is 5.92 Å².